The predicted octanol–water partition coefficient (Wildman–Crippen LogP) is 4.91. The van der Waals surface area contributed by atoms with Gasteiger partial charge in [-0.2, -0.15) is 0 Å². The Balaban J connectivity index is 2.04. The summed E-state index contributed by atoms with van der Waals surface area (Å²) in [5.74, 6) is 1.59. The largest absolute Gasteiger partial charge is 0.497 e. The van der Waals surface area contributed by atoms with Crippen LogP contribution in [0.3, 0.4) is 0 Å². The highest BCUT2D eigenvalue weighted by molar-refractivity contribution is 7.99. The lowest BCUT2D eigenvalue weighted by atomic mass is 10.1. The number of thioether (sulfide) groups is 1. The number of ether oxygens (including phenoxy) is 1. The molecule has 0 saturated heterocycles. The van der Waals surface area contributed by atoms with Gasteiger partial charge < -0.3 is 15.0 Å². The number of carbonyl (C=O) groups excluding carboxylic acids is 2. The van der Waals surface area contributed by atoms with Gasteiger partial charge in [-0.3, -0.25) is 9.59 Å². The van der Waals surface area contributed by atoms with E-state index in [2.05, 4.69) is 5.32 Å². The molecule has 0 unspecified atom stereocenters. The van der Waals surface area contributed by atoms with E-state index in [1.807, 2.05) is 50.2 Å². The summed E-state index contributed by atoms with van der Waals surface area (Å²) in [7, 11) is 1.64. The molecule has 168 valence electrons. The number of halogens is 1. The number of hydrogen-bond donors (Lipinski definition) is 1. The number of amides is 2. The summed E-state index contributed by atoms with van der Waals surface area (Å²) in [4.78, 5) is 27.4. The Hall–Kier alpha value is -2.18. The van der Waals surface area contributed by atoms with Crippen molar-refractivity contribution >= 4 is 35.2 Å². The fourth-order valence-electron chi connectivity index (χ4n) is 2.90. The standard InChI is InChI=1S/C24H31ClN2O3S/c1-5-17(2)26-24(29)18(3)27(14-19-6-10-21(25)11-7-19)23(28)16-31-15-20-8-12-22(30-4)13-9-20/h6-13,17-18H,5,14-16H2,1-4H3,(H,26,29)/t17-,18+/m1/s1. The molecule has 0 aliphatic rings. The number of nitrogens with zero attached hydrogens (tertiary/aromatic N) is 1. The maximum atomic E-state index is 13.1. The lowest BCUT2D eigenvalue weighted by molar-refractivity contribution is -0.138. The fourth-order valence-corrected chi connectivity index (χ4v) is 3.89. The molecule has 0 bridgehead atoms. The number of benzene rings is 2. The topological polar surface area (TPSA) is 58.6 Å². The third kappa shape index (κ3) is 8.11. The van der Waals surface area contributed by atoms with E-state index >= 15 is 0 Å². The van der Waals surface area contributed by atoms with E-state index in [4.69, 9.17) is 16.3 Å². The van der Waals surface area contributed by atoms with Crippen LogP contribution < -0.4 is 10.1 Å². The van der Waals surface area contributed by atoms with E-state index in [0.717, 1.165) is 23.3 Å². The molecule has 0 aliphatic heterocycles. The Labute approximate surface area is 194 Å². The monoisotopic (exact) mass is 462 g/mol. The molecule has 0 aromatic heterocycles. The molecule has 2 amide bonds. The van der Waals surface area contributed by atoms with Crippen LogP contribution in [0.1, 0.15) is 38.3 Å². The number of nitrogens with one attached hydrogen (secondary N) is 1. The molecule has 0 spiro atoms. The first kappa shape index (κ1) is 25.1. The number of carbonyl (C=O) groups is 2. The van der Waals surface area contributed by atoms with Crippen LogP contribution in [-0.4, -0.2) is 41.7 Å². The van der Waals surface area contributed by atoms with Crippen molar-refractivity contribution in [1.29, 1.82) is 0 Å². The highest BCUT2D eigenvalue weighted by Gasteiger charge is 2.26. The van der Waals surface area contributed by atoms with Crippen molar-refractivity contribution in [3.63, 3.8) is 0 Å². The van der Waals surface area contributed by atoms with Crippen LogP contribution in [0.2, 0.25) is 5.02 Å². The van der Waals surface area contributed by atoms with Crippen LogP contribution in [-0.2, 0) is 21.9 Å². The van der Waals surface area contributed by atoms with Crippen LogP contribution in [0.25, 0.3) is 0 Å². The summed E-state index contributed by atoms with van der Waals surface area (Å²) >= 11 is 7.52. The molecule has 2 rings (SSSR count). The molecule has 2 aromatic carbocycles. The zero-order valence-corrected chi connectivity index (χ0v) is 20.1. The first-order chi connectivity index (χ1) is 14.8. The Morgan fingerprint density at radius 2 is 1.68 bits per heavy atom. The quantitative estimate of drug-likeness (QED) is 0.515. The van der Waals surface area contributed by atoms with Crippen molar-refractivity contribution in [1.82, 2.24) is 10.2 Å². The molecule has 5 nitrogen and oxygen atoms in total. The molecule has 2 atom stereocenters. The molecule has 0 fully saturated rings. The van der Waals surface area contributed by atoms with Gasteiger partial charge in [0.25, 0.3) is 0 Å². The lowest BCUT2D eigenvalue weighted by Gasteiger charge is -2.29. The molecule has 31 heavy (non-hydrogen) atoms. The van der Waals surface area contributed by atoms with Gasteiger partial charge in [0.2, 0.25) is 11.8 Å². The molecule has 2 aromatic rings. The highest BCUT2D eigenvalue weighted by atomic mass is 35.5. The molecular formula is C24H31ClN2O3S. The minimum absolute atomic E-state index is 0.0619. The van der Waals surface area contributed by atoms with E-state index in [0.29, 0.717) is 23.1 Å². The van der Waals surface area contributed by atoms with E-state index in [9.17, 15) is 9.59 Å². The Kier molecular flexibility index (Phi) is 10.2. The molecule has 1 N–H and O–H groups in total. The molecule has 0 heterocycles. The highest BCUT2D eigenvalue weighted by Crippen LogP contribution is 2.19. The van der Waals surface area contributed by atoms with E-state index in [1.165, 1.54) is 11.8 Å². The van der Waals surface area contributed by atoms with Gasteiger partial charge >= 0.3 is 0 Å². The van der Waals surface area contributed by atoms with Crippen LogP contribution in [0.15, 0.2) is 48.5 Å². The van der Waals surface area contributed by atoms with Gasteiger partial charge in [0.05, 0.1) is 12.9 Å². The smallest absolute Gasteiger partial charge is 0.242 e. The van der Waals surface area contributed by atoms with Gasteiger partial charge in [-0.25, -0.2) is 0 Å². The van der Waals surface area contributed by atoms with Gasteiger partial charge in [-0.1, -0.05) is 42.8 Å². The average molecular weight is 463 g/mol. The van der Waals surface area contributed by atoms with Crippen LogP contribution in [0.4, 0.5) is 0 Å². The lowest BCUT2D eigenvalue weighted by Crippen LogP contribution is -2.50. The molecule has 0 radical (unpaired) electrons. The second-order valence-corrected chi connectivity index (χ2v) is 8.90. The van der Waals surface area contributed by atoms with Gasteiger partial charge in [-0.05, 0) is 55.7 Å². The number of rotatable bonds is 11. The summed E-state index contributed by atoms with van der Waals surface area (Å²) < 4.78 is 5.18. The summed E-state index contributed by atoms with van der Waals surface area (Å²) in [6, 6.07) is 14.6. The van der Waals surface area contributed by atoms with Crippen LogP contribution in [0.5, 0.6) is 5.75 Å². The normalized spacial score (nSPS) is 12.7. The van der Waals surface area contributed by atoms with Gasteiger partial charge in [0, 0.05) is 23.4 Å². The Morgan fingerprint density at radius 3 is 2.26 bits per heavy atom. The fraction of sp³-hybridized carbons (Fsp3) is 0.417. The summed E-state index contributed by atoms with van der Waals surface area (Å²) in [6.07, 6.45) is 0.835. The summed E-state index contributed by atoms with van der Waals surface area (Å²) in [5, 5.41) is 3.62. The van der Waals surface area contributed by atoms with Gasteiger partial charge in [-0.15, -0.1) is 11.8 Å². The van der Waals surface area contributed by atoms with Crippen molar-refractivity contribution in [3.05, 3.63) is 64.7 Å². The minimum atomic E-state index is -0.571. The minimum Gasteiger partial charge on any atom is -0.497 e. The van der Waals surface area contributed by atoms with Gasteiger partial charge in [0.1, 0.15) is 11.8 Å². The maximum absolute atomic E-state index is 13.1. The average Bonchev–Trinajstić information content (AvgIpc) is 2.78. The first-order valence-electron chi connectivity index (χ1n) is 10.4. The van der Waals surface area contributed by atoms with Crippen LogP contribution >= 0.6 is 23.4 Å². The van der Waals surface area contributed by atoms with E-state index < -0.39 is 6.04 Å². The predicted molar refractivity (Wildman–Crippen MR) is 129 cm³/mol. The number of hydrogen-bond acceptors (Lipinski definition) is 4. The van der Waals surface area contributed by atoms with E-state index in [1.54, 1.807) is 31.1 Å². The second-order valence-electron chi connectivity index (χ2n) is 7.48. The third-order valence-corrected chi connectivity index (χ3v) is 6.33. The Bertz CT molecular complexity index is 843. The van der Waals surface area contributed by atoms with Crippen molar-refractivity contribution in [3.8, 4) is 5.75 Å². The van der Waals surface area contributed by atoms with Crippen molar-refractivity contribution in [2.45, 2.75) is 51.6 Å². The van der Waals surface area contributed by atoms with Crippen molar-refractivity contribution in [2.24, 2.45) is 0 Å². The number of methoxy groups -OCH3 is 1. The van der Waals surface area contributed by atoms with Gasteiger partial charge in [0.15, 0.2) is 0 Å². The first-order valence-corrected chi connectivity index (χ1v) is 11.9. The maximum Gasteiger partial charge on any atom is 0.242 e. The molecule has 0 aliphatic carbocycles. The Morgan fingerprint density at radius 1 is 1.06 bits per heavy atom. The van der Waals surface area contributed by atoms with E-state index in [-0.39, 0.29) is 17.9 Å². The van der Waals surface area contributed by atoms with Crippen molar-refractivity contribution in [2.75, 3.05) is 12.9 Å². The van der Waals surface area contributed by atoms with Crippen molar-refractivity contribution < 1.29 is 14.3 Å². The molecular weight excluding hydrogens is 432 g/mol. The molecule has 0 saturated carbocycles. The SMILES string of the molecule is CC[C@@H](C)NC(=O)[C@H](C)N(Cc1ccc(Cl)cc1)C(=O)CSCc1ccc(OC)cc1. The summed E-state index contributed by atoms with van der Waals surface area (Å²) in [5.41, 5.74) is 2.05. The second kappa shape index (κ2) is 12.6. The third-order valence-electron chi connectivity index (χ3n) is 5.09. The zero-order chi connectivity index (χ0) is 22.8. The van der Waals surface area contributed by atoms with Crippen LogP contribution in [0, 0.1) is 0 Å². The summed E-state index contributed by atoms with van der Waals surface area (Å²) in [6.45, 7) is 6.11. The zero-order valence-electron chi connectivity index (χ0n) is 18.6. The molecule has 7 heteroatoms.